The molecule has 1 heterocycles. The summed E-state index contributed by atoms with van der Waals surface area (Å²) in [4.78, 5) is 5.12. The molecule has 0 atom stereocenters. The van der Waals surface area contributed by atoms with E-state index >= 15 is 0 Å². The normalized spacial score (nSPS) is 27.9. The van der Waals surface area contributed by atoms with E-state index in [1.807, 2.05) is 0 Å². The molecule has 2 rings (SSSR count). The Morgan fingerprint density at radius 2 is 1.54 bits per heavy atom. The zero-order chi connectivity index (χ0) is 9.47. The van der Waals surface area contributed by atoms with E-state index in [0.717, 1.165) is 5.92 Å². The highest BCUT2D eigenvalue weighted by Crippen LogP contribution is 2.42. The van der Waals surface area contributed by atoms with Gasteiger partial charge >= 0.3 is 0 Å². The predicted molar refractivity (Wildman–Crippen MR) is 55.9 cm³/mol. The van der Waals surface area contributed by atoms with Crippen LogP contribution in [0.4, 0.5) is 0 Å². The van der Waals surface area contributed by atoms with Crippen LogP contribution >= 0.6 is 0 Å². The van der Waals surface area contributed by atoms with Crippen molar-refractivity contribution in [2.75, 3.05) is 33.2 Å². The Morgan fingerprint density at radius 3 is 2.00 bits per heavy atom. The van der Waals surface area contributed by atoms with Crippen LogP contribution in [0.1, 0.15) is 26.7 Å². The Labute approximate surface area is 81.9 Å². The summed E-state index contributed by atoms with van der Waals surface area (Å²) in [6.45, 7) is 9.87. The van der Waals surface area contributed by atoms with Crippen LogP contribution in [0.15, 0.2) is 0 Å². The smallest absolute Gasteiger partial charge is 0.0182 e. The number of likely N-dealkylation sites (N-methyl/N-ethyl adjacent to an activating group) is 1. The first kappa shape index (κ1) is 9.47. The van der Waals surface area contributed by atoms with Gasteiger partial charge in [0.05, 0.1) is 0 Å². The summed E-state index contributed by atoms with van der Waals surface area (Å²) in [5.41, 5.74) is 0.473. The van der Waals surface area contributed by atoms with Gasteiger partial charge in [-0.1, -0.05) is 0 Å². The summed E-state index contributed by atoms with van der Waals surface area (Å²) < 4.78 is 0. The van der Waals surface area contributed by atoms with Gasteiger partial charge in [-0.25, -0.2) is 0 Å². The van der Waals surface area contributed by atoms with Gasteiger partial charge in [-0.15, -0.1) is 0 Å². The molecule has 13 heavy (non-hydrogen) atoms. The van der Waals surface area contributed by atoms with Gasteiger partial charge in [0.1, 0.15) is 0 Å². The number of hydrogen-bond acceptors (Lipinski definition) is 2. The maximum absolute atomic E-state index is 2.69. The van der Waals surface area contributed by atoms with Crippen molar-refractivity contribution in [1.29, 1.82) is 0 Å². The van der Waals surface area contributed by atoms with Crippen LogP contribution in [-0.2, 0) is 0 Å². The molecule has 0 aromatic rings. The highest BCUT2D eigenvalue weighted by molar-refractivity contribution is 4.97. The summed E-state index contributed by atoms with van der Waals surface area (Å²) in [5.74, 6) is 0.982. The molecule has 0 amide bonds. The third kappa shape index (κ3) is 1.89. The van der Waals surface area contributed by atoms with Crippen LogP contribution < -0.4 is 0 Å². The molecule has 2 aliphatic rings. The fourth-order valence-electron chi connectivity index (χ4n) is 2.43. The Morgan fingerprint density at radius 1 is 1.00 bits per heavy atom. The fraction of sp³-hybridized carbons (Fsp3) is 1.00. The second-order valence-electron chi connectivity index (χ2n) is 5.22. The van der Waals surface area contributed by atoms with Crippen molar-refractivity contribution in [3.8, 4) is 0 Å². The van der Waals surface area contributed by atoms with Crippen molar-refractivity contribution in [2.45, 2.75) is 32.2 Å². The lowest BCUT2D eigenvalue weighted by Gasteiger charge is -2.43. The molecule has 0 unspecified atom stereocenters. The Bertz CT molecular complexity index is 177. The lowest BCUT2D eigenvalue weighted by molar-refractivity contribution is 0.0482. The van der Waals surface area contributed by atoms with E-state index in [2.05, 4.69) is 30.7 Å². The SMILES string of the molecule is CN1CCN(C(C)(C)C2CC2)CC1. The summed E-state index contributed by atoms with van der Waals surface area (Å²) in [6.07, 6.45) is 2.92. The van der Waals surface area contributed by atoms with Crippen LogP contribution in [-0.4, -0.2) is 48.6 Å². The van der Waals surface area contributed by atoms with E-state index in [0.29, 0.717) is 5.54 Å². The van der Waals surface area contributed by atoms with Crippen molar-refractivity contribution in [3.63, 3.8) is 0 Å². The van der Waals surface area contributed by atoms with Gasteiger partial charge in [-0.2, -0.15) is 0 Å². The summed E-state index contributed by atoms with van der Waals surface area (Å²) in [7, 11) is 2.22. The van der Waals surface area contributed by atoms with E-state index in [4.69, 9.17) is 0 Å². The summed E-state index contributed by atoms with van der Waals surface area (Å²) >= 11 is 0. The van der Waals surface area contributed by atoms with Crippen molar-refractivity contribution in [3.05, 3.63) is 0 Å². The van der Waals surface area contributed by atoms with Crippen LogP contribution in [0.3, 0.4) is 0 Å². The third-order valence-electron chi connectivity index (χ3n) is 3.89. The zero-order valence-corrected chi connectivity index (χ0v) is 9.21. The average molecular weight is 182 g/mol. The third-order valence-corrected chi connectivity index (χ3v) is 3.89. The van der Waals surface area contributed by atoms with Gasteiger partial charge in [-0.3, -0.25) is 4.90 Å². The molecule has 76 valence electrons. The van der Waals surface area contributed by atoms with Gasteiger partial charge in [0.2, 0.25) is 0 Å². The van der Waals surface area contributed by atoms with Gasteiger partial charge in [0, 0.05) is 31.7 Å². The monoisotopic (exact) mass is 182 g/mol. The molecule has 0 N–H and O–H groups in total. The number of hydrogen-bond donors (Lipinski definition) is 0. The molecule has 0 aromatic carbocycles. The topological polar surface area (TPSA) is 6.48 Å². The lowest BCUT2D eigenvalue weighted by Crippen LogP contribution is -2.54. The quantitative estimate of drug-likeness (QED) is 0.637. The largest absolute Gasteiger partial charge is 0.304 e. The van der Waals surface area contributed by atoms with Crippen LogP contribution in [0, 0.1) is 5.92 Å². The minimum atomic E-state index is 0.473. The van der Waals surface area contributed by atoms with Crippen molar-refractivity contribution in [2.24, 2.45) is 5.92 Å². The molecule has 0 spiro atoms. The first-order valence-electron chi connectivity index (χ1n) is 5.54. The van der Waals surface area contributed by atoms with Gasteiger partial charge in [0.15, 0.2) is 0 Å². The molecule has 0 aromatic heterocycles. The van der Waals surface area contributed by atoms with Gasteiger partial charge < -0.3 is 4.90 Å². The predicted octanol–water partition coefficient (Wildman–Crippen LogP) is 1.42. The second-order valence-corrected chi connectivity index (χ2v) is 5.22. The Kier molecular flexibility index (Phi) is 2.37. The molecule has 2 nitrogen and oxygen atoms in total. The highest BCUT2D eigenvalue weighted by atomic mass is 15.3. The second kappa shape index (κ2) is 3.25. The van der Waals surface area contributed by atoms with Crippen molar-refractivity contribution >= 4 is 0 Å². The molecule has 1 saturated carbocycles. The summed E-state index contributed by atoms with van der Waals surface area (Å²) in [5, 5.41) is 0. The summed E-state index contributed by atoms with van der Waals surface area (Å²) in [6, 6.07) is 0. The lowest BCUT2D eigenvalue weighted by atomic mass is 9.95. The molecule has 1 saturated heterocycles. The fourth-order valence-corrected chi connectivity index (χ4v) is 2.43. The van der Waals surface area contributed by atoms with E-state index < -0.39 is 0 Å². The van der Waals surface area contributed by atoms with E-state index in [1.165, 1.54) is 39.0 Å². The molecule has 2 heteroatoms. The Balaban J connectivity index is 1.92. The van der Waals surface area contributed by atoms with Crippen molar-refractivity contribution < 1.29 is 0 Å². The van der Waals surface area contributed by atoms with Gasteiger partial charge in [0.25, 0.3) is 0 Å². The number of nitrogens with zero attached hydrogens (tertiary/aromatic N) is 2. The maximum Gasteiger partial charge on any atom is 0.0182 e. The minimum Gasteiger partial charge on any atom is -0.304 e. The molecular formula is C11H22N2. The van der Waals surface area contributed by atoms with Crippen LogP contribution in [0.5, 0.6) is 0 Å². The Hall–Kier alpha value is -0.0800. The van der Waals surface area contributed by atoms with E-state index in [1.54, 1.807) is 0 Å². The zero-order valence-electron chi connectivity index (χ0n) is 9.21. The molecule has 2 fully saturated rings. The minimum absolute atomic E-state index is 0.473. The number of piperazine rings is 1. The van der Waals surface area contributed by atoms with Crippen molar-refractivity contribution in [1.82, 2.24) is 9.80 Å². The van der Waals surface area contributed by atoms with E-state index in [9.17, 15) is 0 Å². The van der Waals surface area contributed by atoms with Gasteiger partial charge in [-0.05, 0) is 39.7 Å². The maximum atomic E-state index is 2.69. The van der Waals surface area contributed by atoms with Crippen LogP contribution in [0.2, 0.25) is 0 Å². The molecule has 0 radical (unpaired) electrons. The standard InChI is InChI=1S/C11H22N2/c1-11(2,10-4-5-10)13-8-6-12(3)7-9-13/h10H,4-9H2,1-3H3. The molecule has 1 aliphatic heterocycles. The molecular weight excluding hydrogens is 160 g/mol. The first-order chi connectivity index (χ1) is 6.10. The first-order valence-corrected chi connectivity index (χ1v) is 5.54. The van der Waals surface area contributed by atoms with E-state index in [-0.39, 0.29) is 0 Å². The highest BCUT2D eigenvalue weighted by Gasteiger charge is 2.42. The van der Waals surface area contributed by atoms with Crippen LogP contribution in [0.25, 0.3) is 0 Å². The average Bonchev–Trinajstić information content (AvgIpc) is 2.87. The molecule has 1 aliphatic carbocycles. The number of rotatable bonds is 2. The molecule has 0 bridgehead atoms.